The SMILES string of the molecule is COc1cc(NC(=O)c2ccoc2C)c(OC)cc1Cl. The predicted molar refractivity (Wildman–Crippen MR) is 76.0 cm³/mol. The first kappa shape index (κ1) is 14.3. The zero-order valence-electron chi connectivity index (χ0n) is 11.3. The predicted octanol–water partition coefficient (Wildman–Crippen LogP) is 3.51. The van der Waals surface area contributed by atoms with Gasteiger partial charge in [-0.25, -0.2) is 0 Å². The molecule has 0 aliphatic carbocycles. The van der Waals surface area contributed by atoms with Crippen LogP contribution in [0, 0.1) is 6.92 Å². The quantitative estimate of drug-likeness (QED) is 0.937. The molecule has 0 spiro atoms. The topological polar surface area (TPSA) is 60.7 Å². The fraction of sp³-hybridized carbons (Fsp3) is 0.214. The van der Waals surface area contributed by atoms with Crippen LogP contribution in [0.4, 0.5) is 5.69 Å². The lowest BCUT2D eigenvalue weighted by atomic mass is 10.2. The zero-order chi connectivity index (χ0) is 14.7. The first-order valence-corrected chi connectivity index (χ1v) is 6.21. The smallest absolute Gasteiger partial charge is 0.259 e. The Morgan fingerprint density at radius 3 is 2.50 bits per heavy atom. The van der Waals surface area contributed by atoms with E-state index in [0.29, 0.717) is 33.5 Å². The molecule has 1 amide bonds. The number of ether oxygens (including phenoxy) is 2. The maximum atomic E-state index is 12.1. The lowest BCUT2D eigenvalue weighted by Gasteiger charge is -2.12. The van der Waals surface area contributed by atoms with Crippen LogP contribution in [-0.4, -0.2) is 20.1 Å². The minimum absolute atomic E-state index is 0.293. The summed E-state index contributed by atoms with van der Waals surface area (Å²) in [6.07, 6.45) is 1.46. The normalized spacial score (nSPS) is 10.2. The van der Waals surface area contributed by atoms with E-state index in [-0.39, 0.29) is 5.91 Å². The highest BCUT2D eigenvalue weighted by atomic mass is 35.5. The third-order valence-corrected chi connectivity index (χ3v) is 3.12. The molecule has 0 fully saturated rings. The molecule has 0 saturated heterocycles. The number of rotatable bonds is 4. The van der Waals surface area contributed by atoms with Gasteiger partial charge in [0.25, 0.3) is 5.91 Å². The monoisotopic (exact) mass is 295 g/mol. The van der Waals surface area contributed by atoms with E-state index >= 15 is 0 Å². The van der Waals surface area contributed by atoms with E-state index in [9.17, 15) is 4.79 Å². The van der Waals surface area contributed by atoms with Crippen molar-refractivity contribution >= 4 is 23.2 Å². The number of halogens is 1. The van der Waals surface area contributed by atoms with Gasteiger partial charge < -0.3 is 19.2 Å². The molecule has 0 aliphatic rings. The van der Waals surface area contributed by atoms with Gasteiger partial charge in [0.2, 0.25) is 0 Å². The molecule has 1 aromatic carbocycles. The number of anilines is 1. The van der Waals surface area contributed by atoms with Gasteiger partial charge in [0.1, 0.15) is 17.3 Å². The summed E-state index contributed by atoms with van der Waals surface area (Å²) in [6.45, 7) is 1.72. The summed E-state index contributed by atoms with van der Waals surface area (Å²) in [7, 11) is 3.00. The summed E-state index contributed by atoms with van der Waals surface area (Å²) in [4.78, 5) is 12.1. The number of hydrogen-bond donors (Lipinski definition) is 1. The molecule has 2 rings (SSSR count). The number of methoxy groups -OCH3 is 2. The molecule has 1 heterocycles. The molecule has 5 nitrogen and oxygen atoms in total. The van der Waals surface area contributed by atoms with E-state index in [1.165, 1.54) is 20.5 Å². The highest BCUT2D eigenvalue weighted by molar-refractivity contribution is 6.32. The lowest BCUT2D eigenvalue weighted by Crippen LogP contribution is -2.13. The molecule has 0 atom stereocenters. The second-order valence-electron chi connectivity index (χ2n) is 4.03. The Morgan fingerprint density at radius 2 is 1.95 bits per heavy atom. The van der Waals surface area contributed by atoms with Gasteiger partial charge in [-0.05, 0) is 13.0 Å². The van der Waals surface area contributed by atoms with Crippen LogP contribution in [0.15, 0.2) is 28.9 Å². The summed E-state index contributed by atoms with van der Waals surface area (Å²) in [6, 6.07) is 4.79. The molecule has 0 saturated carbocycles. The van der Waals surface area contributed by atoms with Crippen molar-refractivity contribution < 1.29 is 18.7 Å². The van der Waals surface area contributed by atoms with Gasteiger partial charge in [-0.2, -0.15) is 0 Å². The van der Waals surface area contributed by atoms with Crippen LogP contribution in [0.2, 0.25) is 5.02 Å². The van der Waals surface area contributed by atoms with E-state index < -0.39 is 0 Å². The molecule has 1 N–H and O–H groups in total. The molecule has 0 bridgehead atoms. The number of carbonyl (C=O) groups is 1. The Labute approximate surface area is 121 Å². The number of nitrogens with one attached hydrogen (secondary N) is 1. The Morgan fingerprint density at radius 1 is 1.25 bits per heavy atom. The van der Waals surface area contributed by atoms with Gasteiger partial charge >= 0.3 is 0 Å². The summed E-state index contributed by atoms with van der Waals surface area (Å²) < 4.78 is 15.4. The van der Waals surface area contributed by atoms with Crippen LogP contribution in [-0.2, 0) is 0 Å². The standard InChI is InChI=1S/C14H14ClNO4/c1-8-9(4-5-20-8)14(17)16-11-7-12(18-2)10(15)6-13(11)19-3/h4-7H,1-3H3,(H,16,17). The maximum absolute atomic E-state index is 12.1. The number of amides is 1. The van der Waals surface area contributed by atoms with Crippen molar-refractivity contribution in [3.05, 3.63) is 40.8 Å². The second kappa shape index (κ2) is 5.88. The Balaban J connectivity index is 2.33. The van der Waals surface area contributed by atoms with Crippen molar-refractivity contribution in [2.45, 2.75) is 6.92 Å². The third-order valence-electron chi connectivity index (χ3n) is 2.83. The summed E-state index contributed by atoms with van der Waals surface area (Å²) in [5.74, 6) is 1.15. The van der Waals surface area contributed by atoms with E-state index in [1.54, 1.807) is 25.1 Å². The van der Waals surface area contributed by atoms with E-state index in [4.69, 9.17) is 25.5 Å². The molecule has 106 valence electrons. The van der Waals surface area contributed by atoms with Gasteiger partial charge in [-0.1, -0.05) is 11.6 Å². The van der Waals surface area contributed by atoms with Gasteiger partial charge in [0.15, 0.2) is 0 Å². The van der Waals surface area contributed by atoms with Gasteiger partial charge in [0, 0.05) is 12.1 Å². The minimum Gasteiger partial charge on any atom is -0.495 e. The summed E-state index contributed by atoms with van der Waals surface area (Å²) >= 11 is 6.01. The molecular weight excluding hydrogens is 282 g/mol. The van der Waals surface area contributed by atoms with Crippen LogP contribution < -0.4 is 14.8 Å². The molecule has 20 heavy (non-hydrogen) atoms. The molecule has 0 radical (unpaired) electrons. The molecule has 2 aromatic rings. The van der Waals surface area contributed by atoms with Gasteiger partial charge in [0.05, 0.1) is 36.8 Å². The molecule has 0 unspecified atom stereocenters. The molecule has 6 heteroatoms. The number of benzene rings is 1. The van der Waals surface area contributed by atoms with Crippen LogP contribution >= 0.6 is 11.6 Å². The number of hydrogen-bond acceptors (Lipinski definition) is 4. The highest BCUT2D eigenvalue weighted by Crippen LogP contribution is 2.36. The van der Waals surface area contributed by atoms with Gasteiger partial charge in [-0.3, -0.25) is 4.79 Å². The van der Waals surface area contributed by atoms with Crippen molar-refractivity contribution in [2.24, 2.45) is 0 Å². The van der Waals surface area contributed by atoms with E-state index in [2.05, 4.69) is 5.32 Å². The van der Waals surface area contributed by atoms with Crippen molar-refractivity contribution in [1.29, 1.82) is 0 Å². The van der Waals surface area contributed by atoms with Gasteiger partial charge in [-0.15, -0.1) is 0 Å². The van der Waals surface area contributed by atoms with Crippen LogP contribution in [0.5, 0.6) is 11.5 Å². The fourth-order valence-corrected chi connectivity index (χ4v) is 2.00. The first-order valence-electron chi connectivity index (χ1n) is 5.83. The first-order chi connectivity index (χ1) is 9.56. The second-order valence-corrected chi connectivity index (χ2v) is 4.44. The number of carbonyl (C=O) groups excluding carboxylic acids is 1. The minimum atomic E-state index is -0.293. The largest absolute Gasteiger partial charge is 0.495 e. The fourth-order valence-electron chi connectivity index (χ4n) is 1.77. The summed E-state index contributed by atoms with van der Waals surface area (Å²) in [5, 5.41) is 3.15. The number of furan rings is 1. The average molecular weight is 296 g/mol. The van der Waals surface area contributed by atoms with Crippen LogP contribution in [0.25, 0.3) is 0 Å². The Hall–Kier alpha value is -2.14. The highest BCUT2D eigenvalue weighted by Gasteiger charge is 2.16. The lowest BCUT2D eigenvalue weighted by molar-refractivity contribution is 0.102. The van der Waals surface area contributed by atoms with Crippen molar-refractivity contribution in [2.75, 3.05) is 19.5 Å². The summed E-state index contributed by atoms with van der Waals surface area (Å²) in [5.41, 5.74) is 0.931. The molecule has 1 aromatic heterocycles. The Bertz CT molecular complexity index is 636. The van der Waals surface area contributed by atoms with E-state index in [1.807, 2.05) is 0 Å². The average Bonchev–Trinajstić information content (AvgIpc) is 2.86. The Kier molecular flexibility index (Phi) is 4.20. The molecule has 0 aliphatic heterocycles. The zero-order valence-corrected chi connectivity index (χ0v) is 12.1. The van der Waals surface area contributed by atoms with Crippen LogP contribution in [0.1, 0.15) is 16.1 Å². The van der Waals surface area contributed by atoms with Crippen molar-refractivity contribution in [3.63, 3.8) is 0 Å². The van der Waals surface area contributed by atoms with Crippen LogP contribution in [0.3, 0.4) is 0 Å². The molecular formula is C14H14ClNO4. The van der Waals surface area contributed by atoms with Crippen molar-refractivity contribution in [3.8, 4) is 11.5 Å². The van der Waals surface area contributed by atoms with Crippen molar-refractivity contribution in [1.82, 2.24) is 0 Å². The number of aryl methyl sites for hydroxylation is 1. The maximum Gasteiger partial charge on any atom is 0.259 e. The third kappa shape index (κ3) is 2.72. The van der Waals surface area contributed by atoms with E-state index in [0.717, 1.165) is 0 Å².